The first-order valence-corrected chi connectivity index (χ1v) is 4.03. The zero-order chi connectivity index (χ0) is 9.19. The molecule has 1 N–H and O–H groups in total. The van der Waals surface area contributed by atoms with Crippen molar-refractivity contribution in [2.45, 2.75) is 38.6 Å². The van der Waals surface area contributed by atoms with Crippen LogP contribution in [0.4, 0.5) is 0 Å². The Hall–Kier alpha value is -0.610. The molecule has 1 aliphatic rings. The number of carboxylic acids is 1. The summed E-state index contributed by atoms with van der Waals surface area (Å²) in [6.45, 7) is 4.15. The van der Waals surface area contributed by atoms with E-state index in [0.717, 1.165) is 0 Å². The van der Waals surface area contributed by atoms with Gasteiger partial charge in [0.25, 0.3) is 0 Å². The lowest BCUT2D eigenvalue weighted by Gasteiger charge is -2.16. The van der Waals surface area contributed by atoms with Crippen molar-refractivity contribution in [2.75, 3.05) is 6.61 Å². The Morgan fingerprint density at radius 2 is 2.33 bits per heavy atom. The average molecular weight is 174 g/mol. The molecule has 0 saturated carbocycles. The summed E-state index contributed by atoms with van der Waals surface area (Å²) in [5.41, 5.74) is 0. The number of carbonyl (C=O) groups is 1. The maximum atomic E-state index is 10.2. The quantitative estimate of drug-likeness (QED) is 0.693. The van der Waals surface area contributed by atoms with Gasteiger partial charge in [-0.2, -0.15) is 0 Å². The van der Waals surface area contributed by atoms with Crippen LogP contribution in [-0.4, -0.2) is 29.6 Å². The molecule has 0 aromatic heterocycles. The third-order valence-corrected chi connectivity index (χ3v) is 1.75. The Labute approximate surface area is 71.5 Å². The fourth-order valence-corrected chi connectivity index (χ4v) is 1.19. The lowest BCUT2D eigenvalue weighted by Crippen LogP contribution is -2.21. The molecular formula is C8H14O4. The molecule has 70 valence electrons. The van der Waals surface area contributed by atoms with Crippen molar-refractivity contribution in [3.8, 4) is 0 Å². The molecule has 0 spiro atoms. The molecular weight excluding hydrogens is 160 g/mol. The highest BCUT2D eigenvalue weighted by atomic mass is 16.7. The van der Waals surface area contributed by atoms with E-state index in [9.17, 15) is 4.79 Å². The van der Waals surface area contributed by atoms with Gasteiger partial charge in [0.1, 0.15) is 0 Å². The number of hydrogen-bond acceptors (Lipinski definition) is 3. The molecule has 0 aromatic carbocycles. The van der Waals surface area contributed by atoms with Crippen LogP contribution in [-0.2, 0) is 14.3 Å². The smallest absolute Gasteiger partial charge is 0.303 e. The minimum Gasteiger partial charge on any atom is -0.481 e. The third-order valence-electron chi connectivity index (χ3n) is 1.75. The van der Waals surface area contributed by atoms with Crippen molar-refractivity contribution in [2.24, 2.45) is 0 Å². The summed E-state index contributed by atoms with van der Waals surface area (Å²) in [5.74, 6) is -1.33. The zero-order valence-electron chi connectivity index (χ0n) is 7.37. The van der Waals surface area contributed by atoms with E-state index in [1.807, 2.05) is 13.8 Å². The number of hydrogen-bond donors (Lipinski definition) is 1. The highest BCUT2D eigenvalue weighted by Gasteiger charge is 2.32. The molecule has 1 fully saturated rings. The molecule has 1 saturated heterocycles. The second kappa shape index (κ2) is 3.41. The molecule has 1 rings (SSSR count). The van der Waals surface area contributed by atoms with Gasteiger partial charge in [-0.25, -0.2) is 0 Å². The molecule has 1 aliphatic heterocycles. The Morgan fingerprint density at radius 1 is 1.67 bits per heavy atom. The average Bonchev–Trinajstić information content (AvgIpc) is 2.26. The monoisotopic (exact) mass is 174 g/mol. The number of ether oxygens (including phenoxy) is 2. The molecule has 0 aromatic rings. The molecule has 0 radical (unpaired) electrons. The summed E-state index contributed by atoms with van der Waals surface area (Å²) in [5, 5.41) is 8.41. The molecule has 12 heavy (non-hydrogen) atoms. The van der Waals surface area contributed by atoms with Crippen LogP contribution in [0.3, 0.4) is 0 Å². The van der Waals surface area contributed by atoms with E-state index < -0.39 is 11.8 Å². The molecule has 0 amide bonds. The van der Waals surface area contributed by atoms with Crippen molar-refractivity contribution < 1.29 is 19.4 Å². The first-order valence-electron chi connectivity index (χ1n) is 4.03. The molecule has 0 bridgehead atoms. The highest BCUT2D eigenvalue weighted by molar-refractivity contribution is 5.66. The van der Waals surface area contributed by atoms with Crippen molar-refractivity contribution in [3.05, 3.63) is 0 Å². The molecule has 1 unspecified atom stereocenters. The molecule has 4 nitrogen and oxygen atoms in total. The summed E-state index contributed by atoms with van der Waals surface area (Å²) < 4.78 is 10.7. The van der Waals surface area contributed by atoms with E-state index in [1.165, 1.54) is 0 Å². The number of carboxylic acid groups (broad SMARTS) is 1. The van der Waals surface area contributed by atoms with Gasteiger partial charge in [0.05, 0.1) is 12.7 Å². The second-order valence-corrected chi connectivity index (χ2v) is 3.38. The first kappa shape index (κ1) is 9.48. The lowest BCUT2D eigenvalue weighted by molar-refractivity contribution is -0.144. The van der Waals surface area contributed by atoms with Gasteiger partial charge in [0, 0.05) is 6.42 Å². The van der Waals surface area contributed by atoms with Crippen LogP contribution in [0.5, 0.6) is 0 Å². The molecule has 0 aliphatic carbocycles. The largest absolute Gasteiger partial charge is 0.481 e. The van der Waals surface area contributed by atoms with Crippen molar-refractivity contribution in [3.63, 3.8) is 0 Å². The fraction of sp³-hybridized carbons (Fsp3) is 0.875. The van der Waals surface area contributed by atoms with E-state index in [-0.39, 0.29) is 12.5 Å². The fourth-order valence-electron chi connectivity index (χ4n) is 1.19. The lowest BCUT2D eigenvalue weighted by atomic mass is 10.2. The first-order chi connectivity index (χ1) is 5.49. The van der Waals surface area contributed by atoms with E-state index in [0.29, 0.717) is 13.0 Å². The molecule has 1 atom stereocenters. The van der Waals surface area contributed by atoms with E-state index in [4.69, 9.17) is 14.6 Å². The maximum absolute atomic E-state index is 10.2. The van der Waals surface area contributed by atoms with E-state index in [1.54, 1.807) is 0 Å². The van der Waals surface area contributed by atoms with E-state index in [2.05, 4.69) is 0 Å². The van der Waals surface area contributed by atoms with Crippen LogP contribution >= 0.6 is 0 Å². The van der Waals surface area contributed by atoms with Gasteiger partial charge in [-0.05, 0) is 20.3 Å². The van der Waals surface area contributed by atoms with Crippen LogP contribution in [0.25, 0.3) is 0 Å². The number of rotatable bonds is 3. The summed E-state index contributed by atoms with van der Waals surface area (Å²) in [6, 6.07) is 0. The predicted molar refractivity (Wildman–Crippen MR) is 41.8 cm³/mol. The SMILES string of the molecule is CC1(C)OCC(CCC(=O)O)O1. The maximum Gasteiger partial charge on any atom is 0.303 e. The summed E-state index contributed by atoms with van der Waals surface area (Å²) in [4.78, 5) is 10.2. The predicted octanol–water partition coefficient (Wildman–Crippen LogP) is 1.00. The van der Waals surface area contributed by atoms with Crippen molar-refractivity contribution in [1.29, 1.82) is 0 Å². The minimum absolute atomic E-state index is 0.0592. The molecule has 1 heterocycles. The number of aliphatic carboxylic acids is 1. The van der Waals surface area contributed by atoms with Gasteiger partial charge in [-0.15, -0.1) is 0 Å². The summed E-state index contributed by atoms with van der Waals surface area (Å²) in [6.07, 6.45) is 0.610. The third kappa shape index (κ3) is 2.79. The van der Waals surface area contributed by atoms with Crippen LogP contribution in [0, 0.1) is 0 Å². The Kier molecular flexibility index (Phi) is 2.69. The van der Waals surface area contributed by atoms with E-state index >= 15 is 0 Å². The second-order valence-electron chi connectivity index (χ2n) is 3.38. The minimum atomic E-state index is -0.789. The van der Waals surface area contributed by atoms with Gasteiger partial charge < -0.3 is 14.6 Å². The highest BCUT2D eigenvalue weighted by Crippen LogP contribution is 2.24. The van der Waals surface area contributed by atoms with Crippen molar-refractivity contribution >= 4 is 5.97 Å². The van der Waals surface area contributed by atoms with Crippen LogP contribution < -0.4 is 0 Å². The summed E-state index contributed by atoms with van der Waals surface area (Å²) in [7, 11) is 0. The summed E-state index contributed by atoms with van der Waals surface area (Å²) >= 11 is 0. The Bertz CT molecular complexity index is 176. The normalized spacial score (nSPS) is 27.3. The Morgan fingerprint density at radius 3 is 2.75 bits per heavy atom. The van der Waals surface area contributed by atoms with Crippen LogP contribution in [0.1, 0.15) is 26.7 Å². The Balaban J connectivity index is 2.24. The van der Waals surface area contributed by atoms with Gasteiger partial charge in [-0.1, -0.05) is 0 Å². The zero-order valence-corrected chi connectivity index (χ0v) is 7.37. The van der Waals surface area contributed by atoms with Crippen molar-refractivity contribution in [1.82, 2.24) is 0 Å². The van der Waals surface area contributed by atoms with Gasteiger partial charge in [-0.3, -0.25) is 4.79 Å². The molecule has 4 heteroatoms. The topological polar surface area (TPSA) is 55.8 Å². The van der Waals surface area contributed by atoms with Crippen LogP contribution in [0.15, 0.2) is 0 Å². The van der Waals surface area contributed by atoms with Gasteiger partial charge in [0.15, 0.2) is 5.79 Å². The van der Waals surface area contributed by atoms with Gasteiger partial charge >= 0.3 is 5.97 Å². The van der Waals surface area contributed by atoms with Crippen LogP contribution in [0.2, 0.25) is 0 Å². The standard InChI is InChI=1S/C8H14O4/c1-8(2)11-5-6(12-8)3-4-7(9)10/h6H,3-5H2,1-2H3,(H,9,10). The van der Waals surface area contributed by atoms with Gasteiger partial charge in [0.2, 0.25) is 0 Å².